The van der Waals surface area contributed by atoms with Crippen LogP contribution < -0.4 is 11.1 Å². The average Bonchev–Trinajstić information content (AvgIpc) is 2.98. The SMILES string of the molecule is Nc1ccc(C2CNc3nc4ccccc4n32)cc1. The molecule has 0 spiro atoms. The van der Waals surface area contributed by atoms with Crippen LogP contribution in [0.1, 0.15) is 11.6 Å². The first-order chi connectivity index (χ1) is 9.33. The number of nitrogens with zero attached hydrogens (tertiary/aromatic N) is 2. The molecule has 4 heteroatoms. The Morgan fingerprint density at radius 1 is 1.11 bits per heavy atom. The molecule has 1 atom stereocenters. The van der Waals surface area contributed by atoms with Crippen LogP contribution in [-0.2, 0) is 0 Å². The summed E-state index contributed by atoms with van der Waals surface area (Å²) in [5.74, 6) is 0.947. The summed E-state index contributed by atoms with van der Waals surface area (Å²) >= 11 is 0. The third-order valence-electron chi connectivity index (χ3n) is 3.68. The lowest BCUT2D eigenvalue weighted by Crippen LogP contribution is -2.09. The van der Waals surface area contributed by atoms with Gasteiger partial charge in [-0.05, 0) is 29.8 Å². The van der Waals surface area contributed by atoms with E-state index in [9.17, 15) is 0 Å². The normalized spacial score (nSPS) is 17.4. The minimum Gasteiger partial charge on any atom is -0.399 e. The van der Waals surface area contributed by atoms with Crippen LogP contribution in [0.4, 0.5) is 11.6 Å². The molecule has 4 nitrogen and oxygen atoms in total. The smallest absolute Gasteiger partial charge is 0.204 e. The van der Waals surface area contributed by atoms with Gasteiger partial charge in [-0.2, -0.15) is 0 Å². The molecule has 19 heavy (non-hydrogen) atoms. The second-order valence-electron chi connectivity index (χ2n) is 4.86. The first-order valence-electron chi connectivity index (χ1n) is 6.39. The number of aromatic nitrogens is 2. The maximum atomic E-state index is 5.76. The van der Waals surface area contributed by atoms with Crippen LogP contribution in [0.25, 0.3) is 11.0 Å². The van der Waals surface area contributed by atoms with Gasteiger partial charge in [-0.3, -0.25) is 0 Å². The van der Waals surface area contributed by atoms with Crippen LogP contribution in [0.2, 0.25) is 0 Å². The lowest BCUT2D eigenvalue weighted by Gasteiger charge is -2.13. The van der Waals surface area contributed by atoms with Gasteiger partial charge in [0.2, 0.25) is 5.95 Å². The molecule has 0 fully saturated rings. The standard InChI is InChI=1S/C15H14N4/c16-11-7-5-10(6-8-11)14-9-17-15-18-12-3-1-2-4-13(12)19(14)15/h1-8,14H,9,16H2,(H,17,18). The molecule has 94 valence electrons. The van der Waals surface area contributed by atoms with E-state index < -0.39 is 0 Å². The van der Waals surface area contributed by atoms with Crippen LogP contribution in [0.3, 0.4) is 0 Å². The Morgan fingerprint density at radius 3 is 2.74 bits per heavy atom. The minimum absolute atomic E-state index is 0.281. The lowest BCUT2D eigenvalue weighted by atomic mass is 10.1. The molecular weight excluding hydrogens is 236 g/mol. The van der Waals surface area contributed by atoms with Crippen LogP contribution in [0, 0.1) is 0 Å². The summed E-state index contributed by atoms with van der Waals surface area (Å²) in [5.41, 5.74) is 10.0. The van der Waals surface area contributed by atoms with Crippen molar-refractivity contribution in [2.24, 2.45) is 0 Å². The van der Waals surface area contributed by atoms with Gasteiger partial charge in [-0.1, -0.05) is 24.3 Å². The monoisotopic (exact) mass is 250 g/mol. The molecule has 1 aromatic heterocycles. The van der Waals surface area contributed by atoms with Crippen molar-refractivity contribution >= 4 is 22.7 Å². The second-order valence-corrected chi connectivity index (χ2v) is 4.86. The quantitative estimate of drug-likeness (QED) is 0.653. The highest BCUT2D eigenvalue weighted by Crippen LogP contribution is 2.33. The number of para-hydroxylation sites is 2. The Bertz CT molecular complexity index is 742. The van der Waals surface area contributed by atoms with Gasteiger partial charge in [0, 0.05) is 12.2 Å². The van der Waals surface area contributed by atoms with Crippen molar-refractivity contribution in [3.05, 3.63) is 54.1 Å². The van der Waals surface area contributed by atoms with Gasteiger partial charge in [0.15, 0.2) is 0 Å². The summed E-state index contributed by atoms with van der Waals surface area (Å²) in [6, 6.07) is 16.6. The number of rotatable bonds is 1. The van der Waals surface area contributed by atoms with Crippen LogP contribution in [0.15, 0.2) is 48.5 Å². The average molecular weight is 250 g/mol. The van der Waals surface area contributed by atoms with E-state index in [4.69, 9.17) is 5.73 Å². The molecule has 2 heterocycles. The Hall–Kier alpha value is -2.49. The molecule has 1 unspecified atom stereocenters. The van der Waals surface area contributed by atoms with Crippen LogP contribution >= 0.6 is 0 Å². The van der Waals surface area contributed by atoms with E-state index in [2.05, 4.69) is 39.1 Å². The Balaban J connectivity index is 1.89. The van der Waals surface area contributed by atoms with Gasteiger partial charge < -0.3 is 15.6 Å². The molecule has 3 aromatic rings. The molecule has 2 aromatic carbocycles. The van der Waals surface area contributed by atoms with E-state index in [0.717, 1.165) is 23.7 Å². The minimum atomic E-state index is 0.281. The number of fused-ring (bicyclic) bond motifs is 3. The fourth-order valence-corrected chi connectivity index (χ4v) is 2.75. The number of hydrogen-bond donors (Lipinski definition) is 2. The summed E-state index contributed by atoms with van der Waals surface area (Å²) in [4.78, 5) is 4.61. The lowest BCUT2D eigenvalue weighted by molar-refractivity contribution is 0.693. The molecular formula is C15H14N4. The Morgan fingerprint density at radius 2 is 1.89 bits per heavy atom. The van der Waals surface area contributed by atoms with Crippen molar-refractivity contribution in [2.75, 3.05) is 17.6 Å². The van der Waals surface area contributed by atoms with E-state index in [0.29, 0.717) is 0 Å². The van der Waals surface area contributed by atoms with Gasteiger partial charge in [0.25, 0.3) is 0 Å². The highest BCUT2D eigenvalue weighted by Gasteiger charge is 2.26. The van der Waals surface area contributed by atoms with Crippen molar-refractivity contribution in [1.82, 2.24) is 9.55 Å². The Labute approximate surface area is 110 Å². The van der Waals surface area contributed by atoms with Crippen molar-refractivity contribution in [3.63, 3.8) is 0 Å². The summed E-state index contributed by atoms with van der Waals surface area (Å²) in [7, 11) is 0. The number of imidazole rings is 1. The number of nitrogens with two attached hydrogens (primary N) is 1. The van der Waals surface area contributed by atoms with Gasteiger partial charge in [-0.15, -0.1) is 0 Å². The summed E-state index contributed by atoms with van der Waals surface area (Å²) < 4.78 is 2.26. The number of benzene rings is 2. The maximum Gasteiger partial charge on any atom is 0.204 e. The second kappa shape index (κ2) is 3.75. The number of nitrogens with one attached hydrogen (secondary N) is 1. The van der Waals surface area contributed by atoms with Crippen molar-refractivity contribution < 1.29 is 0 Å². The van der Waals surface area contributed by atoms with E-state index in [-0.39, 0.29) is 6.04 Å². The maximum absolute atomic E-state index is 5.76. The molecule has 0 saturated carbocycles. The summed E-state index contributed by atoms with van der Waals surface area (Å²) in [5, 5.41) is 3.37. The predicted octanol–water partition coefficient (Wildman–Crippen LogP) is 2.63. The molecule has 1 aliphatic rings. The fraction of sp³-hybridized carbons (Fsp3) is 0.133. The zero-order chi connectivity index (χ0) is 12.8. The first kappa shape index (κ1) is 10.4. The third kappa shape index (κ3) is 1.50. The van der Waals surface area contributed by atoms with Gasteiger partial charge in [0.05, 0.1) is 17.1 Å². The van der Waals surface area contributed by atoms with Gasteiger partial charge in [-0.25, -0.2) is 4.98 Å². The topological polar surface area (TPSA) is 55.9 Å². The van der Waals surface area contributed by atoms with Crippen LogP contribution in [0.5, 0.6) is 0 Å². The Kier molecular flexibility index (Phi) is 2.06. The zero-order valence-electron chi connectivity index (χ0n) is 10.4. The predicted molar refractivity (Wildman–Crippen MR) is 77.2 cm³/mol. The fourth-order valence-electron chi connectivity index (χ4n) is 2.75. The van der Waals surface area contributed by atoms with E-state index >= 15 is 0 Å². The van der Waals surface area contributed by atoms with Crippen molar-refractivity contribution in [3.8, 4) is 0 Å². The van der Waals surface area contributed by atoms with Gasteiger partial charge >= 0.3 is 0 Å². The van der Waals surface area contributed by atoms with E-state index in [1.807, 2.05) is 24.3 Å². The first-order valence-corrected chi connectivity index (χ1v) is 6.39. The largest absolute Gasteiger partial charge is 0.399 e. The van der Waals surface area contributed by atoms with Gasteiger partial charge in [0.1, 0.15) is 0 Å². The van der Waals surface area contributed by atoms with Crippen molar-refractivity contribution in [2.45, 2.75) is 6.04 Å². The molecule has 0 amide bonds. The number of hydrogen-bond acceptors (Lipinski definition) is 3. The zero-order valence-corrected chi connectivity index (χ0v) is 10.4. The molecule has 1 aliphatic heterocycles. The highest BCUT2D eigenvalue weighted by atomic mass is 15.3. The number of nitrogen functional groups attached to an aromatic ring is 1. The molecule has 0 aliphatic carbocycles. The molecule has 0 saturated heterocycles. The molecule has 3 N–H and O–H groups in total. The van der Waals surface area contributed by atoms with E-state index in [1.54, 1.807) is 0 Å². The molecule has 4 rings (SSSR count). The van der Waals surface area contributed by atoms with E-state index in [1.165, 1.54) is 11.1 Å². The summed E-state index contributed by atoms with van der Waals surface area (Å²) in [6.45, 7) is 0.872. The third-order valence-corrected chi connectivity index (χ3v) is 3.68. The molecule has 0 bridgehead atoms. The highest BCUT2D eigenvalue weighted by molar-refractivity contribution is 5.80. The molecule has 0 radical (unpaired) electrons. The van der Waals surface area contributed by atoms with Crippen LogP contribution in [-0.4, -0.2) is 16.1 Å². The van der Waals surface area contributed by atoms with Crippen molar-refractivity contribution in [1.29, 1.82) is 0 Å². The number of anilines is 2. The summed E-state index contributed by atoms with van der Waals surface area (Å²) in [6.07, 6.45) is 0.